The van der Waals surface area contributed by atoms with Gasteiger partial charge < -0.3 is 9.64 Å². The fourth-order valence-corrected chi connectivity index (χ4v) is 4.29. The minimum atomic E-state index is -0.0972. The lowest BCUT2D eigenvalue weighted by Gasteiger charge is -2.32. The van der Waals surface area contributed by atoms with E-state index in [4.69, 9.17) is 4.74 Å². The number of rotatable bonds is 3. The maximum Gasteiger partial charge on any atom is 0.240 e. The van der Waals surface area contributed by atoms with Crippen molar-refractivity contribution >= 4 is 34.1 Å². The van der Waals surface area contributed by atoms with Crippen LogP contribution in [0.3, 0.4) is 0 Å². The first-order valence-electron chi connectivity index (χ1n) is 8.29. The van der Waals surface area contributed by atoms with Crippen molar-refractivity contribution in [2.45, 2.75) is 23.6 Å². The van der Waals surface area contributed by atoms with Crippen LogP contribution in [0.2, 0.25) is 0 Å². The molecular weight excluding hydrogens is 330 g/mol. The fourth-order valence-electron chi connectivity index (χ4n) is 3.20. The van der Waals surface area contributed by atoms with E-state index in [2.05, 4.69) is 30.3 Å². The van der Waals surface area contributed by atoms with E-state index in [-0.39, 0.29) is 11.2 Å². The van der Waals surface area contributed by atoms with E-state index in [0.717, 1.165) is 21.9 Å². The van der Waals surface area contributed by atoms with Crippen molar-refractivity contribution in [1.29, 1.82) is 0 Å². The van der Waals surface area contributed by atoms with Gasteiger partial charge in [0.2, 0.25) is 5.91 Å². The zero-order valence-corrected chi connectivity index (χ0v) is 15.0. The Balaban J connectivity index is 1.72. The van der Waals surface area contributed by atoms with Crippen LogP contribution in [-0.4, -0.2) is 18.3 Å². The van der Waals surface area contributed by atoms with Gasteiger partial charge in [-0.2, -0.15) is 0 Å². The highest BCUT2D eigenvalue weighted by Crippen LogP contribution is 2.41. The second-order valence-electron chi connectivity index (χ2n) is 6.20. The number of ether oxygens (including phenoxy) is 1. The Bertz CT molecular complexity index is 954. The number of carbonyl (C=O) groups excluding carboxylic acids is 1. The Kier molecular flexibility index (Phi) is 4.14. The largest absolute Gasteiger partial charge is 0.497 e. The van der Waals surface area contributed by atoms with Gasteiger partial charge in [-0.3, -0.25) is 4.79 Å². The summed E-state index contributed by atoms with van der Waals surface area (Å²) >= 11 is 1.60. The van der Waals surface area contributed by atoms with E-state index in [1.165, 1.54) is 10.8 Å². The standard InChI is InChI=1S/C21H19NO2S/c1-14-21(23)22(19-10-9-18(24-2)12-20(19)25-14)13-15-7-8-16-5-3-4-6-17(16)11-15/h3-12,14H,13H2,1-2H3. The molecule has 25 heavy (non-hydrogen) atoms. The molecule has 0 radical (unpaired) electrons. The molecule has 1 aliphatic heterocycles. The molecule has 0 saturated carbocycles. The summed E-state index contributed by atoms with van der Waals surface area (Å²) < 4.78 is 5.33. The Morgan fingerprint density at radius 1 is 1.04 bits per heavy atom. The van der Waals surface area contributed by atoms with Crippen molar-refractivity contribution in [2.24, 2.45) is 0 Å². The van der Waals surface area contributed by atoms with Crippen LogP contribution in [0, 0.1) is 0 Å². The van der Waals surface area contributed by atoms with Crippen molar-refractivity contribution in [3.05, 3.63) is 66.2 Å². The molecule has 1 unspecified atom stereocenters. The number of hydrogen-bond acceptors (Lipinski definition) is 3. The summed E-state index contributed by atoms with van der Waals surface area (Å²) in [6, 6.07) is 20.6. The molecule has 0 saturated heterocycles. The summed E-state index contributed by atoms with van der Waals surface area (Å²) in [6.45, 7) is 2.54. The van der Waals surface area contributed by atoms with Crippen LogP contribution in [-0.2, 0) is 11.3 Å². The van der Waals surface area contributed by atoms with Crippen molar-refractivity contribution in [3.8, 4) is 5.75 Å². The lowest BCUT2D eigenvalue weighted by molar-refractivity contribution is -0.118. The number of benzene rings is 3. The molecule has 3 aromatic carbocycles. The van der Waals surface area contributed by atoms with Crippen LogP contribution in [0.1, 0.15) is 12.5 Å². The van der Waals surface area contributed by atoms with Gasteiger partial charge in [-0.25, -0.2) is 0 Å². The monoisotopic (exact) mass is 349 g/mol. The Morgan fingerprint density at radius 2 is 1.84 bits per heavy atom. The molecule has 126 valence electrons. The van der Waals surface area contributed by atoms with Gasteiger partial charge in [-0.05, 0) is 47.5 Å². The van der Waals surface area contributed by atoms with Crippen LogP contribution in [0.25, 0.3) is 10.8 Å². The zero-order chi connectivity index (χ0) is 17.4. The first kappa shape index (κ1) is 16.0. The van der Waals surface area contributed by atoms with E-state index in [1.807, 2.05) is 42.2 Å². The molecule has 4 rings (SSSR count). The summed E-state index contributed by atoms with van der Waals surface area (Å²) in [4.78, 5) is 15.8. The van der Waals surface area contributed by atoms with Crippen LogP contribution in [0.4, 0.5) is 5.69 Å². The summed E-state index contributed by atoms with van der Waals surface area (Å²) in [5, 5.41) is 2.31. The molecule has 0 spiro atoms. The Hall–Kier alpha value is -2.46. The van der Waals surface area contributed by atoms with Gasteiger partial charge in [0.25, 0.3) is 0 Å². The van der Waals surface area contributed by atoms with Gasteiger partial charge in [0.05, 0.1) is 24.6 Å². The van der Waals surface area contributed by atoms with Crippen LogP contribution in [0.15, 0.2) is 65.6 Å². The molecule has 1 heterocycles. The van der Waals surface area contributed by atoms with E-state index >= 15 is 0 Å². The Labute approximate surface area is 151 Å². The number of thioether (sulfide) groups is 1. The molecule has 0 fully saturated rings. The predicted octanol–water partition coefficient (Wildman–Crippen LogP) is 4.88. The number of methoxy groups -OCH3 is 1. The molecule has 1 atom stereocenters. The molecule has 0 bridgehead atoms. The third-order valence-electron chi connectivity index (χ3n) is 4.53. The molecule has 3 aromatic rings. The molecule has 0 aliphatic carbocycles. The van der Waals surface area contributed by atoms with Gasteiger partial charge in [0.1, 0.15) is 5.75 Å². The number of anilines is 1. The minimum absolute atomic E-state index is 0.0972. The van der Waals surface area contributed by atoms with Gasteiger partial charge in [-0.15, -0.1) is 11.8 Å². The van der Waals surface area contributed by atoms with E-state index < -0.39 is 0 Å². The first-order chi connectivity index (χ1) is 12.2. The lowest BCUT2D eigenvalue weighted by Crippen LogP contribution is -2.39. The summed E-state index contributed by atoms with van der Waals surface area (Å²) in [5.41, 5.74) is 2.09. The first-order valence-corrected chi connectivity index (χ1v) is 9.17. The molecule has 4 heteroatoms. The van der Waals surface area contributed by atoms with Crippen LogP contribution in [0.5, 0.6) is 5.75 Å². The average Bonchev–Trinajstić information content (AvgIpc) is 2.64. The van der Waals surface area contributed by atoms with Gasteiger partial charge in [-0.1, -0.05) is 36.4 Å². The third-order valence-corrected chi connectivity index (χ3v) is 5.67. The molecule has 0 N–H and O–H groups in total. The van der Waals surface area contributed by atoms with E-state index in [1.54, 1.807) is 18.9 Å². The molecule has 0 aromatic heterocycles. The number of fused-ring (bicyclic) bond motifs is 2. The highest BCUT2D eigenvalue weighted by atomic mass is 32.2. The second-order valence-corrected chi connectivity index (χ2v) is 7.58. The van der Waals surface area contributed by atoms with Crippen molar-refractivity contribution < 1.29 is 9.53 Å². The minimum Gasteiger partial charge on any atom is -0.497 e. The fraction of sp³-hybridized carbons (Fsp3) is 0.190. The number of carbonyl (C=O) groups is 1. The lowest BCUT2D eigenvalue weighted by atomic mass is 10.1. The molecule has 1 aliphatic rings. The Morgan fingerprint density at radius 3 is 2.64 bits per heavy atom. The zero-order valence-electron chi connectivity index (χ0n) is 14.2. The summed E-state index contributed by atoms with van der Waals surface area (Å²) in [5.74, 6) is 0.967. The third kappa shape index (κ3) is 2.98. The number of amides is 1. The van der Waals surface area contributed by atoms with E-state index in [0.29, 0.717) is 6.54 Å². The average molecular weight is 349 g/mol. The molecule has 1 amide bonds. The highest BCUT2D eigenvalue weighted by Gasteiger charge is 2.31. The SMILES string of the molecule is COc1ccc2c(c1)SC(C)C(=O)N2Cc1ccc2ccccc2c1. The van der Waals surface area contributed by atoms with Crippen LogP contribution < -0.4 is 9.64 Å². The van der Waals surface area contributed by atoms with Crippen LogP contribution >= 0.6 is 11.8 Å². The van der Waals surface area contributed by atoms with Gasteiger partial charge in [0, 0.05) is 4.90 Å². The van der Waals surface area contributed by atoms with Gasteiger partial charge in [0.15, 0.2) is 0 Å². The quantitative estimate of drug-likeness (QED) is 0.675. The van der Waals surface area contributed by atoms with Crippen molar-refractivity contribution in [3.63, 3.8) is 0 Å². The topological polar surface area (TPSA) is 29.5 Å². The summed E-state index contributed by atoms with van der Waals surface area (Å²) in [7, 11) is 1.66. The molecule has 3 nitrogen and oxygen atoms in total. The second kappa shape index (κ2) is 6.45. The molecular formula is C21H19NO2S. The summed E-state index contributed by atoms with van der Waals surface area (Å²) in [6.07, 6.45) is 0. The van der Waals surface area contributed by atoms with Gasteiger partial charge >= 0.3 is 0 Å². The maximum atomic E-state index is 12.8. The number of nitrogens with zero attached hydrogens (tertiary/aromatic N) is 1. The van der Waals surface area contributed by atoms with Crippen molar-refractivity contribution in [2.75, 3.05) is 12.0 Å². The maximum absolute atomic E-state index is 12.8. The van der Waals surface area contributed by atoms with Crippen molar-refractivity contribution in [1.82, 2.24) is 0 Å². The smallest absolute Gasteiger partial charge is 0.240 e. The predicted molar refractivity (Wildman–Crippen MR) is 103 cm³/mol. The normalized spacial score (nSPS) is 16.8. The number of hydrogen-bond donors (Lipinski definition) is 0. The van der Waals surface area contributed by atoms with E-state index in [9.17, 15) is 4.79 Å². The highest BCUT2D eigenvalue weighted by molar-refractivity contribution is 8.01.